The number of nitrogens with one attached hydrogen (secondary N) is 1. The lowest BCUT2D eigenvalue weighted by atomic mass is 10.3. The van der Waals surface area contributed by atoms with Crippen LogP contribution in [0, 0.1) is 0 Å². The van der Waals surface area contributed by atoms with Crippen molar-refractivity contribution in [3.05, 3.63) is 46.5 Å². The van der Waals surface area contributed by atoms with Gasteiger partial charge in [-0.15, -0.1) is 11.3 Å². The lowest BCUT2D eigenvalue weighted by Crippen LogP contribution is -2.36. The third-order valence-electron chi connectivity index (χ3n) is 4.13. The highest BCUT2D eigenvalue weighted by atomic mass is 32.1. The standard InChI is InChI=1S/C17H17N5O3S/c23-15(10-22-11-19-16-13(17(22)24)3-8-26-16)20-12-1-2-14(18-9-12)21-4-6-25-7-5-21/h1-3,8-9,11H,4-7,10H2,(H,20,23). The van der Waals surface area contributed by atoms with Crippen LogP contribution in [0.5, 0.6) is 0 Å². The molecular weight excluding hydrogens is 354 g/mol. The molecule has 9 heteroatoms. The predicted octanol–water partition coefficient (Wildman–Crippen LogP) is 1.33. The van der Waals surface area contributed by atoms with Crippen molar-refractivity contribution in [3.63, 3.8) is 0 Å². The summed E-state index contributed by atoms with van der Waals surface area (Å²) in [6, 6.07) is 5.39. The maximum Gasteiger partial charge on any atom is 0.262 e. The molecule has 4 rings (SSSR count). The second kappa shape index (κ2) is 7.22. The second-order valence-electron chi connectivity index (χ2n) is 5.87. The molecule has 1 fully saturated rings. The molecule has 1 amide bonds. The molecule has 0 radical (unpaired) electrons. The van der Waals surface area contributed by atoms with Crippen LogP contribution in [0.2, 0.25) is 0 Å². The number of pyridine rings is 1. The van der Waals surface area contributed by atoms with Crippen LogP contribution in [0.1, 0.15) is 0 Å². The van der Waals surface area contributed by atoms with Crippen molar-refractivity contribution >= 4 is 39.0 Å². The minimum absolute atomic E-state index is 0.0944. The Morgan fingerprint density at radius 3 is 2.85 bits per heavy atom. The third kappa shape index (κ3) is 3.44. The van der Waals surface area contributed by atoms with Gasteiger partial charge in [0.25, 0.3) is 5.56 Å². The maximum absolute atomic E-state index is 12.3. The van der Waals surface area contributed by atoms with E-state index in [0.717, 1.165) is 18.9 Å². The molecule has 3 aromatic rings. The summed E-state index contributed by atoms with van der Waals surface area (Å²) in [4.78, 5) is 36.0. The van der Waals surface area contributed by atoms with Crippen molar-refractivity contribution in [1.82, 2.24) is 14.5 Å². The van der Waals surface area contributed by atoms with Crippen LogP contribution in [-0.4, -0.2) is 46.7 Å². The van der Waals surface area contributed by atoms with Crippen LogP contribution in [0.4, 0.5) is 11.5 Å². The minimum Gasteiger partial charge on any atom is -0.378 e. The number of amides is 1. The summed E-state index contributed by atoms with van der Waals surface area (Å²) in [5.74, 6) is 0.555. The molecule has 0 aliphatic carbocycles. The largest absolute Gasteiger partial charge is 0.378 e. The zero-order valence-corrected chi connectivity index (χ0v) is 14.7. The molecule has 26 heavy (non-hydrogen) atoms. The van der Waals surface area contributed by atoms with Gasteiger partial charge in [-0.3, -0.25) is 14.2 Å². The van der Waals surface area contributed by atoms with E-state index in [1.165, 1.54) is 22.2 Å². The number of hydrogen-bond acceptors (Lipinski definition) is 7. The summed E-state index contributed by atoms with van der Waals surface area (Å²) in [6.45, 7) is 2.90. The Balaban J connectivity index is 1.42. The smallest absolute Gasteiger partial charge is 0.262 e. The number of ether oxygens (including phenoxy) is 1. The molecular formula is C17H17N5O3S. The van der Waals surface area contributed by atoms with Gasteiger partial charge in [0.1, 0.15) is 17.2 Å². The molecule has 1 N–H and O–H groups in total. The first kappa shape index (κ1) is 16.7. The van der Waals surface area contributed by atoms with Gasteiger partial charge in [0.05, 0.1) is 36.8 Å². The van der Waals surface area contributed by atoms with E-state index in [9.17, 15) is 9.59 Å². The molecule has 1 saturated heterocycles. The van der Waals surface area contributed by atoms with Crippen molar-refractivity contribution < 1.29 is 9.53 Å². The molecule has 134 valence electrons. The van der Waals surface area contributed by atoms with Crippen LogP contribution in [0.3, 0.4) is 0 Å². The van der Waals surface area contributed by atoms with Crippen LogP contribution < -0.4 is 15.8 Å². The molecule has 1 aliphatic heterocycles. The topological polar surface area (TPSA) is 89.4 Å². The number of anilines is 2. The van der Waals surface area contributed by atoms with Gasteiger partial charge in [0, 0.05) is 13.1 Å². The number of carbonyl (C=O) groups excluding carboxylic acids is 1. The third-order valence-corrected chi connectivity index (χ3v) is 4.95. The Labute approximate surface area is 153 Å². The number of fused-ring (bicyclic) bond motifs is 1. The van der Waals surface area contributed by atoms with Crippen LogP contribution in [-0.2, 0) is 16.1 Å². The summed E-state index contributed by atoms with van der Waals surface area (Å²) in [7, 11) is 0. The number of aromatic nitrogens is 3. The summed E-state index contributed by atoms with van der Waals surface area (Å²) >= 11 is 1.40. The molecule has 4 heterocycles. The first-order valence-corrected chi connectivity index (χ1v) is 9.10. The fourth-order valence-corrected chi connectivity index (χ4v) is 3.52. The second-order valence-corrected chi connectivity index (χ2v) is 6.76. The van der Waals surface area contributed by atoms with Gasteiger partial charge in [0.15, 0.2) is 0 Å². The molecule has 0 atom stereocenters. The lowest BCUT2D eigenvalue weighted by molar-refractivity contribution is -0.116. The summed E-state index contributed by atoms with van der Waals surface area (Å²) in [5, 5.41) is 5.10. The minimum atomic E-state index is -0.301. The number of morpholine rings is 1. The Morgan fingerprint density at radius 2 is 2.08 bits per heavy atom. The van der Waals surface area contributed by atoms with Crippen LogP contribution in [0.25, 0.3) is 10.2 Å². The zero-order valence-electron chi connectivity index (χ0n) is 13.9. The van der Waals surface area contributed by atoms with E-state index in [4.69, 9.17) is 4.74 Å². The maximum atomic E-state index is 12.3. The van der Waals surface area contributed by atoms with Gasteiger partial charge in [-0.2, -0.15) is 0 Å². The lowest BCUT2D eigenvalue weighted by Gasteiger charge is -2.27. The Morgan fingerprint density at radius 1 is 1.23 bits per heavy atom. The average molecular weight is 371 g/mol. The molecule has 0 aromatic carbocycles. The fraction of sp³-hybridized carbons (Fsp3) is 0.294. The highest BCUT2D eigenvalue weighted by Gasteiger charge is 2.13. The van der Waals surface area contributed by atoms with Gasteiger partial charge < -0.3 is 15.0 Å². The Hall–Kier alpha value is -2.78. The van der Waals surface area contributed by atoms with Gasteiger partial charge in [-0.25, -0.2) is 9.97 Å². The highest BCUT2D eigenvalue weighted by Crippen LogP contribution is 2.16. The van der Waals surface area contributed by atoms with E-state index in [-0.39, 0.29) is 18.0 Å². The molecule has 0 bridgehead atoms. The quantitative estimate of drug-likeness (QED) is 0.744. The summed E-state index contributed by atoms with van der Waals surface area (Å²) in [5.41, 5.74) is 0.372. The number of rotatable bonds is 4. The first-order chi connectivity index (χ1) is 12.7. The molecule has 0 spiro atoms. The van der Waals surface area contributed by atoms with E-state index >= 15 is 0 Å². The van der Waals surface area contributed by atoms with E-state index in [2.05, 4.69) is 20.2 Å². The number of nitrogens with zero attached hydrogens (tertiary/aromatic N) is 4. The SMILES string of the molecule is O=C(Cn1cnc2sccc2c1=O)Nc1ccc(N2CCOCC2)nc1. The Kier molecular flexibility index (Phi) is 4.63. The molecule has 0 unspecified atom stereocenters. The van der Waals surface area contributed by atoms with E-state index in [1.54, 1.807) is 18.3 Å². The van der Waals surface area contributed by atoms with E-state index in [0.29, 0.717) is 29.1 Å². The van der Waals surface area contributed by atoms with Crippen molar-refractivity contribution in [2.75, 3.05) is 36.5 Å². The summed E-state index contributed by atoms with van der Waals surface area (Å²) < 4.78 is 6.63. The van der Waals surface area contributed by atoms with Crippen molar-refractivity contribution in [2.45, 2.75) is 6.54 Å². The van der Waals surface area contributed by atoms with Gasteiger partial charge in [-0.1, -0.05) is 0 Å². The van der Waals surface area contributed by atoms with Crippen molar-refractivity contribution in [1.29, 1.82) is 0 Å². The number of carbonyl (C=O) groups is 1. The number of hydrogen-bond donors (Lipinski definition) is 1. The van der Waals surface area contributed by atoms with Gasteiger partial charge in [0.2, 0.25) is 5.91 Å². The van der Waals surface area contributed by atoms with E-state index < -0.39 is 0 Å². The van der Waals surface area contributed by atoms with Crippen LogP contribution in [0.15, 0.2) is 40.9 Å². The van der Waals surface area contributed by atoms with Gasteiger partial charge >= 0.3 is 0 Å². The van der Waals surface area contributed by atoms with Crippen molar-refractivity contribution in [3.8, 4) is 0 Å². The molecule has 3 aromatic heterocycles. The molecule has 0 saturated carbocycles. The summed E-state index contributed by atoms with van der Waals surface area (Å²) in [6.07, 6.45) is 3.02. The predicted molar refractivity (Wildman–Crippen MR) is 99.8 cm³/mol. The normalized spacial score (nSPS) is 14.5. The monoisotopic (exact) mass is 371 g/mol. The van der Waals surface area contributed by atoms with E-state index in [1.807, 2.05) is 11.4 Å². The highest BCUT2D eigenvalue weighted by molar-refractivity contribution is 7.16. The zero-order chi connectivity index (χ0) is 17.9. The average Bonchev–Trinajstić information content (AvgIpc) is 3.15. The van der Waals surface area contributed by atoms with Crippen molar-refractivity contribution in [2.24, 2.45) is 0 Å². The first-order valence-electron chi connectivity index (χ1n) is 8.22. The molecule has 1 aliphatic rings. The van der Waals surface area contributed by atoms with Crippen LogP contribution >= 0.6 is 11.3 Å². The van der Waals surface area contributed by atoms with Gasteiger partial charge in [-0.05, 0) is 23.6 Å². The Bertz CT molecular complexity index is 976. The fourth-order valence-electron chi connectivity index (χ4n) is 2.80. The number of thiophene rings is 1. The molecule has 8 nitrogen and oxygen atoms in total.